The predicted molar refractivity (Wildman–Crippen MR) is 157 cm³/mol. The van der Waals surface area contributed by atoms with Crippen LogP contribution in [0.3, 0.4) is 0 Å². The lowest BCUT2D eigenvalue weighted by Gasteiger charge is -2.38. The smallest absolute Gasteiger partial charge is 0.226 e. The van der Waals surface area contributed by atoms with Crippen LogP contribution in [0.4, 0.5) is 11.5 Å². The number of aryl methyl sites for hydroxylation is 1. The average molecular weight is 567 g/mol. The standard InChI is InChI=1S/C28H35ClN8OS/c1-34(2)12-13-35(3)19-7-10-36(11-8-19)28(38)18-4-5-21-24(14-18)39-27-25(21)26(30-17-31-27)33-23-15-20-6-9-32-37(20)16-22(23)29/h6,9,15-19H,4-5,7-8,10-14H2,1-3H3,(H,30,31,33)/t18-/m0/s1. The van der Waals surface area contributed by atoms with Crippen molar-refractivity contribution in [3.05, 3.63) is 46.3 Å². The summed E-state index contributed by atoms with van der Waals surface area (Å²) in [6.07, 6.45) is 9.73. The number of likely N-dealkylation sites (N-methyl/N-ethyl adjacent to an activating group) is 2. The maximum atomic E-state index is 13.5. The van der Waals surface area contributed by atoms with Gasteiger partial charge in [-0.15, -0.1) is 11.3 Å². The molecule has 1 saturated heterocycles. The van der Waals surface area contributed by atoms with Crippen LogP contribution in [-0.4, -0.2) is 93.6 Å². The maximum absolute atomic E-state index is 13.5. The Morgan fingerprint density at radius 2 is 2.00 bits per heavy atom. The molecule has 5 heterocycles. The third kappa shape index (κ3) is 5.35. The first-order valence-corrected chi connectivity index (χ1v) is 14.9. The first-order chi connectivity index (χ1) is 18.9. The second kappa shape index (κ2) is 11.0. The SMILES string of the molecule is CN(C)CCN(C)C1CCN(C(=O)[C@H]2CCc3c(sc4ncnc(Nc5cc6ccnn6cc5Cl)c34)C2)CC1. The van der Waals surface area contributed by atoms with E-state index in [1.165, 1.54) is 10.4 Å². The van der Waals surface area contributed by atoms with E-state index < -0.39 is 0 Å². The summed E-state index contributed by atoms with van der Waals surface area (Å²) < 4.78 is 1.75. The van der Waals surface area contributed by atoms with Crippen molar-refractivity contribution in [1.29, 1.82) is 0 Å². The minimum atomic E-state index is 0.0386. The van der Waals surface area contributed by atoms with Crippen LogP contribution in [0.5, 0.6) is 0 Å². The molecular formula is C28H35ClN8OS. The molecule has 4 aromatic rings. The van der Waals surface area contributed by atoms with E-state index in [4.69, 9.17) is 11.6 Å². The van der Waals surface area contributed by atoms with Gasteiger partial charge in [-0.25, -0.2) is 14.5 Å². The molecule has 6 rings (SSSR count). The first-order valence-electron chi connectivity index (χ1n) is 13.7. The molecule has 1 fully saturated rings. The summed E-state index contributed by atoms with van der Waals surface area (Å²) in [7, 11) is 6.44. The Labute approximate surface area is 237 Å². The molecule has 1 aliphatic heterocycles. The van der Waals surface area contributed by atoms with Crippen LogP contribution in [0.25, 0.3) is 15.7 Å². The Bertz CT molecular complexity index is 1490. The zero-order valence-corrected chi connectivity index (χ0v) is 24.3. The number of carbonyl (C=O) groups is 1. The van der Waals surface area contributed by atoms with Crippen molar-refractivity contribution in [2.75, 3.05) is 52.6 Å². The van der Waals surface area contributed by atoms with Crippen LogP contribution in [0.2, 0.25) is 5.02 Å². The molecule has 0 unspecified atom stereocenters. The molecule has 206 valence electrons. The number of amides is 1. The summed E-state index contributed by atoms with van der Waals surface area (Å²) in [5, 5.41) is 9.32. The van der Waals surface area contributed by atoms with Gasteiger partial charge in [0.25, 0.3) is 0 Å². The van der Waals surface area contributed by atoms with Crippen molar-refractivity contribution >= 4 is 56.1 Å². The molecule has 4 aromatic heterocycles. The van der Waals surface area contributed by atoms with E-state index in [9.17, 15) is 4.79 Å². The fraction of sp³-hybridized carbons (Fsp3) is 0.500. The van der Waals surface area contributed by atoms with Crippen LogP contribution in [-0.2, 0) is 17.6 Å². The van der Waals surface area contributed by atoms with E-state index >= 15 is 0 Å². The molecule has 0 saturated carbocycles. The number of halogens is 1. The van der Waals surface area contributed by atoms with Crippen LogP contribution < -0.4 is 5.32 Å². The molecule has 0 radical (unpaired) electrons. The molecule has 2 aliphatic rings. The van der Waals surface area contributed by atoms with Crippen molar-refractivity contribution < 1.29 is 4.79 Å². The highest BCUT2D eigenvalue weighted by atomic mass is 35.5. The highest BCUT2D eigenvalue weighted by Crippen LogP contribution is 2.41. The largest absolute Gasteiger partial charge is 0.342 e. The van der Waals surface area contributed by atoms with E-state index in [2.05, 4.69) is 56.2 Å². The van der Waals surface area contributed by atoms with Gasteiger partial charge in [0, 0.05) is 55.4 Å². The Balaban J connectivity index is 1.15. The lowest BCUT2D eigenvalue weighted by Crippen LogP contribution is -2.48. The van der Waals surface area contributed by atoms with E-state index in [-0.39, 0.29) is 5.92 Å². The number of piperidine rings is 1. The summed E-state index contributed by atoms with van der Waals surface area (Å²) in [5.41, 5.74) is 3.00. The molecule has 1 amide bonds. The lowest BCUT2D eigenvalue weighted by atomic mass is 9.86. The van der Waals surface area contributed by atoms with E-state index in [0.29, 0.717) is 17.0 Å². The summed E-state index contributed by atoms with van der Waals surface area (Å²) in [4.78, 5) is 31.7. The molecule has 1 N–H and O–H groups in total. The molecule has 0 bridgehead atoms. The summed E-state index contributed by atoms with van der Waals surface area (Å²) in [6, 6.07) is 4.47. The van der Waals surface area contributed by atoms with Crippen molar-refractivity contribution in [3.63, 3.8) is 0 Å². The third-order valence-corrected chi connectivity index (χ3v) is 9.70. The molecular weight excluding hydrogens is 532 g/mol. The number of hydrogen-bond donors (Lipinski definition) is 1. The van der Waals surface area contributed by atoms with Crippen LogP contribution in [0.15, 0.2) is 30.9 Å². The summed E-state index contributed by atoms with van der Waals surface area (Å²) >= 11 is 8.24. The van der Waals surface area contributed by atoms with Crippen LogP contribution in [0, 0.1) is 5.92 Å². The molecule has 0 spiro atoms. The molecule has 1 aliphatic carbocycles. The Hall–Kier alpha value is -2.79. The third-order valence-electron chi connectivity index (χ3n) is 8.23. The van der Waals surface area contributed by atoms with Gasteiger partial charge in [-0.3, -0.25) is 4.79 Å². The monoisotopic (exact) mass is 566 g/mol. The molecule has 1 atom stereocenters. The normalized spacial score (nSPS) is 18.4. The molecule has 9 nitrogen and oxygen atoms in total. The fourth-order valence-corrected chi connectivity index (χ4v) is 7.37. The Morgan fingerprint density at radius 1 is 1.18 bits per heavy atom. The van der Waals surface area contributed by atoms with Crippen molar-refractivity contribution in [2.45, 2.75) is 38.1 Å². The number of anilines is 2. The summed E-state index contributed by atoms with van der Waals surface area (Å²) in [5.74, 6) is 1.11. The lowest BCUT2D eigenvalue weighted by molar-refractivity contribution is -0.137. The minimum Gasteiger partial charge on any atom is -0.342 e. The van der Waals surface area contributed by atoms with E-state index in [1.807, 2.05) is 12.1 Å². The molecule has 11 heteroatoms. The number of aromatic nitrogens is 4. The van der Waals surface area contributed by atoms with Gasteiger partial charge in [0.1, 0.15) is 17.0 Å². The van der Waals surface area contributed by atoms with Gasteiger partial charge in [0.05, 0.1) is 21.6 Å². The highest BCUT2D eigenvalue weighted by Gasteiger charge is 2.33. The van der Waals surface area contributed by atoms with Gasteiger partial charge < -0.3 is 20.0 Å². The predicted octanol–water partition coefficient (Wildman–Crippen LogP) is 4.33. The fourth-order valence-electron chi connectivity index (χ4n) is 5.91. The zero-order valence-electron chi connectivity index (χ0n) is 22.7. The van der Waals surface area contributed by atoms with Crippen molar-refractivity contribution in [2.24, 2.45) is 5.92 Å². The zero-order chi connectivity index (χ0) is 27.1. The van der Waals surface area contributed by atoms with Crippen LogP contribution in [0.1, 0.15) is 29.7 Å². The highest BCUT2D eigenvalue weighted by molar-refractivity contribution is 7.19. The number of rotatable bonds is 7. The second-order valence-corrected chi connectivity index (χ2v) is 12.5. The van der Waals surface area contributed by atoms with Crippen molar-refractivity contribution in [1.82, 2.24) is 34.3 Å². The van der Waals surface area contributed by atoms with Gasteiger partial charge in [0.2, 0.25) is 5.91 Å². The Morgan fingerprint density at radius 3 is 2.79 bits per heavy atom. The van der Waals surface area contributed by atoms with Crippen LogP contribution >= 0.6 is 22.9 Å². The Kier molecular flexibility index (Phi) is 7.45. The number of thiophene rings is 1. The van der Waals surface area contributed by atoms with Gasteiger partial charge in [0.15, 0.2) is 0 Å². The summed E-state index contributed by atoms with van der Waals surface area (Å²) in [6.45, 7) is 3.83. The van der Waals surface area contributed by atoms with Gasteiger partial charge in [-0.2, -0.15) is 5.10 Å². The number of likely N-dealkylation sites (tertiary alicyclic amines) is 1. The number of hydrogen-bond acceptors (Lipinski definition) is 8. The number of carbonyl (C=O) groups excluding carboxylic acids is 1. The van der Waals surface area contributed by atoms with E-state index in [1.54, 1.807) is 34.6 Å². The number of pyridine rings is 1. The topological polar surface area (TPSA) is 81.9 Å². The number of fused-ring (bicyclic) bond motifs is 4. The number of nitrogens with one attached hydrogen (secondary N) is 1. The quantitative estimate of drug-likeness (QED) is 0.357. The van der Waals surface area contributed by atoms with Gasteiger partial charge in [-0.05, 0) is 70.9 Å². The average Bonchev–Trinajstić information content (AvgIpc) is 3.55. The van der Waals surface area contributed by atoms with Gasteiger partial charge in [-0.1, -0.05) is 11.6 Å². The number of nitrogens with zero attached hydrogens (tertiary/aromatic N) is 7. The first kappa shape index (κ1) is 26.4. The van der Waals surface area contributed by atoms with Gasteiger partial charge >= 0.3 is 0 Å². The van der Waals surface area contributed by atoms with Crippen molar-refractivity contribution in [3.8, 4) is 0 Å². The second-order valence-electron chi connectivity index (χ2n) is 11.0. The molecule has 39 heavy (non-hydrogen) atoms. The maximum Gasteiger partial charge on any atom is 0.226 e. The van der Waals surface area contributed by atoms with E-state index in [0.717, 1.165) is 85.5 Å². The molecule has 0 aromatic carbocycles. The minimum absolute atomic E-state index is 0.0386.